The fourth-order valence-corrected chi connectivity index (χ4v) is 15.8. The number of ether oxygens (including phenoxy) is 2. The van der Waals surface area contributed by atoms with Crippen LogP contribution in [0.5, 0.6) is 17.5 Å². The van der Waals surface area contributed by atoms with Crippen LogP contribution in [0.25, 0.3) is 0 Å². The fourth-order valence-electron chi connectivity index (χ4n) is 15.8. The minimum Gasteiger partial charge on any atom is -0.440 e. The van der Waals surface area contributed by atoms with Crippen molar-refractivity contribution in [3.05, 3.63) is 252 Å². The lowest BCUT2D eigenvalue weighted by Crippen LogP contribution is -2.62. The standard InChI is InChI=1S/C81H72B2N6O2/c1-11-12-36-70-52(2)82-64-48-65-67(49-66(64)88(55-31-21-15-22-32-55)68-50-72(84-76(90-70)74(68)82)86(53-27-17-13-18-28-53)57-38-40-59-61(46-57)80(7,8)44-42-78(59,3)4)89(56-33-23-16-24-34-56)69-51-73(85-77-75(69)83(65)63-35-25-26-37-71(63)91-77)87(54-29-19-14-20-30-54)58-39-41-60-62(47-58)81(9,10)45-43-79(60,5)6/h1,12-41,46-51H,42-45H2,2-10H3/b36-12-. The Morgan fingerprint density at radius 1 is 0.440 bits per heavy atom. The lowest BCUT2D eigenvalue weighted by molar-refractivity contribution is 0.332. The molecule has 8 aromatic carbocycles. The molecular weight excluding hydrogens is 1110 g/mol. The van der Waals surface area contributed by atoms with E-state index in [1.165, 1.54) is 22.3 Å². The summed E-state index contributed by atoms with van der Waals surface area (Å²) in [6.07, 6.45) is 14.2. The van der Waals surface area contributed by atoms with E-state index in [9.17, 15) is 0 Å². The third kappa shape index (κ3) is 8.97. The molecule has 0 saturated heterocycles. The molecule has 10 heteroatoms. The van der Waals surface area contributed by atoms with Gasteiger partial charge in [-0.05, 0) is 190 Å². The van der Waals surface area contributed by atoms with Gasteiger partial charge >= 0.3 is 0 Å². The average molecular weight is 1180 g/mol. The van der Waals surface area contributed by atoms with Gasteiger partial charge in [0.2, 0.25) is 11.8 Å². The Bertz CT molecular complexity index is 4720. The van der Waals surface area contributed by atoms with Crippen molar-refractivity contribution < 1.29 is 9.47 Å². The van der Waals surface area contributed by atoms with Gasteiger partial charge in [0, 0.05) is 68.6 Å². The molecule has 16 rings (SSSR count). The van der Waals surface area contributed by atoms with Crippen LogP contribution in [0.2, 0.25) is 0 Å². The SMILES string of the molecule is C#C/C=C\C1=C(C)B2c3cc4c(cc3N(c3ccccc3)c3cc(N(c5ccccc5)c5ccc6c(c5)C(C)(C)CCC6(C)C)nc(c32)O1)N(c1ccccc1)c1cc(N(c2ccccc2)c2ccc3c(c2)C(C)(C)CCC3(C)C)nc2c1B4c1ccccc1O2. The summed E-state index contributed by atoms with van der Waals surface area (Å²) in [4.78, 5) is 21.0. The number of nitrogens with zero attached hydrogens (tertiary/aromatic N) is 6. The predicted octanol–water partition coefficient (Wildman–Crippen LogP) is 17.3. The second-order valence-electron chi connectivity index (χ2n) is 28.2. The molecule has 0 N–H and O–H groups in total. The third-order valence-electron chi connectivity index (χ3n) is 20.8. The molecule has 0 spiro atoms. The monoisotopic (exact) mass is 1180 g/mol. The number of hydrogen-bond acceptors (Lipinski definition) is 8. The summed E-state index contributed by atoms with van der Waals surface area (Å²) in [5.41, 5.74) is 22.1. The minimum absolute atomic E-state index is 0.0178. The van der Waals surface area contributed by atoms with Gasteiger partial charge in [-0.1, -0.05) is 176 Å². The molecular formula is C81H72B2N6O2. The number of rotatable bonds is 9. The summed E-state index contributed by atoms with van der Waals surface area (Å²) in [5, 5.41) is 0. The molecule has 0 radical (unpaired) electrons. The van der Waals surface area contributed by atoms with Gasteiger partial charge in [-0.2, -0.15) is 9.97 Å². The van der Waals surface area contributed by atoms with Crippen molar-refractivity contribution in [2.45, 2.75) is 110 Å². The van der Waals surface area contributed by atoms with E-state index in [4.69, 9.17) is 25.9 Å². The number of anilines is 12. The summed E-state index contributed by atoms with van der Waals surface area (Å²) < 4.78 is 14.4. The highest BCUT2D eigenvalue weighted by atomic mass is 16.5. The molecule has 10 aromatic rings. The van der Waals surface area contributed by atoms with Crippen LogP contribution in [0.4, 0.5) is 68.5 Å². The molecule has 2 aliphatic carbocycles. The van der Waals surface area contributed by atoms with Crippen molar-refractivity contribution in [2.75, 3.05) is 19.6 Å². The normalized spacial score (nSPS) is 17.0. The van der Waals surface area contributed by atoms with Crippen molar-refractivity contribution in [3.8, 4) is 29.9 Å². The van der Waals surface area contributed by atoms with Crippen molar-refractivity contribution in [3.63, 3.8) is 0 Å². The second kappa shape index (κ2) is 20.8. The van der Waals surface area contributed by atoms with E-state index < -0.39 is 0 Å². The van der Waals surface area contributed by atoms with Crippen LogP contribution >= 0.6 is 0 Å². The minimum atomic E-state index is -0.289. The first-order chi connectivity index (χ1) is 44.0. The van der Waals surface area contributed by atoms with Crippen LogP contribution in [0.15, 0.2) is 230 Å². The number of pyridine rings is 2. The number of hydrogen-bond donors (Lipinski definition) is 0. The van der Waals surface area contributed by atoms with E-state index in [-0.39, 0.29) is 35.1 Å². The molecule has 0 saturated carbocycles. The van der Waals surface area contributed by atoms with Gasteiger partial charge < -0.3 is 19.3 Å². The van der Waals surface area contributed by atoms with E-state index in [1.54, 1.807) is 6.08 Å². The number of benzene rings is 8. The smallest absolute Gasteiger partial charge is 0.258 e. The van der Waals surface area contributed by atoms with E-state index >= 15 is 0 Å². The van der Waals surface area contributed by atoms with Gasteiger partial charge in [-0.25, -0.2) is 0 Å². The highest BCUT2D eigenvalue weighted by Crippen LogP contribution is 2.53. The van der Waals surface area contributed by atoms with E-state index in [0.717, 1.165) is 133 Å². The van der Waals surface area contributed by atoms with Gasteiger partial charge in [0.15, 0.2) is 0 Å². The topological polar surface area (TPSA) is 57.2 Å². The lowest BCUT2D eigenvalue weighted by Gasteiger charge is -2.44. The highest BCUT2D eigenvalue weighted by molar-refractivity contribution is 7.00. The highest BCUT2D eigenvalue weighted by Gasteiger charge is 2.49. The zero-order valence-corrected chi connectivity index (χ0v) is 53.3. The van der Waals surface area contributed by atoms with Crippen molar-refractivity contribution in [2.24, 2.45) is 0 Å². The molecule has 0 bridgehead atoms. The van der Waals surface area contributed by atoms with Gasteiger partial charge in [-0.15, -0.1) is 6.42 Å². The maximum Gasteiger partial charge on any atom is 0.258 e. The summed E-state index contributed by atoms with van der Waals surface area (Å²) in [6.45, 7) is 20.8. The average Bonchev–Trinajstić information content (AvgIpc) is 0.699. The summed E-state index contributed by atoms with van der Waals surface area (Å²) in [6, 6.07) is 75.2. The van der Waals surface area contributed by atoms with Crippen molar-refractivity contribution in [1.29, 1.82) is 0 Å². The maximum atomic E-state index is 7.21. The van der Waals surface area contributed by atoms with Gasteiger partial charge in [0.05, 0.1) is 11.4 Å². The van der Waals surface area contributed by atoms with E-state index in [1.807, 2.05) is 6.08 Å². The van der Waals surface area contributed by atoms with Gasteiger partial charge in [-0.3, -0.25) is 9.80 Å². The maximum absolute atomic E-state index is 7.21. The Balaban J connectivity index is 0.962. The fraction of sp³-hybridized carbons (Fsp3) is 0.210. The van der Waals surface area contributed by atoms with Crippen LogP contribution < -0.4 is 56.4 Å². The second-order valence-corrected chi connectivity index (χ2v) is 28.2. The molecule has 6 aliphatic rings. The number of para-hydroxylation sites is 5. The Hall–Kier alpha value is -9.97. The molecule has 444 valence electrons. The van der Waals surface area contributed by atoms with Crippen LogP contribution in [-0.2, 0) is 21.7 Å². The van der Waals surface area contributed by atoms with E-state index in [0.29, 0.717) is 17.5 Å². The number of terminal acetylenes is 1. The third-order valence-corrected chi connectivity index (χ3v) is 20.8. The van der Waals surface area contributed by atoms with Crippen molar-refractivity contribution >= 4 is 109 Å². The molecule has 91 heavy (non-hydrogen) atoms. The van der Waals surface area contributed by atoms with Gasteiger partial charge in [0.1, 0.15) is 23.1 Å². The van der Waals surface area contributed by atoms with Crippen LogP contribution in [0.3, 0.4) is 0 Å². The quantitative estimate of drug-likeness (QED) is 0.105. The van der Waals surface area contributed by atoms with Gasteiger partial charge in [0.25, 0.3) is 13.4 Å². The Morgan fingerprint density at radius 2 is 0.868 bits per heavy atom. The summed E-state index contributed by atoms with van der Waals surface area (Å²) in [7, 11) is 0. The molecule has 4 aliphatic heterocycles. The first kappa shape index (κ1) is 56.3. The Morgan fingerprint density at radius 3 is 1.36 bits per heavy atom. The number of fused-ring (bicyclic) bond motifs is 8. The first-order valence-corrected chi connectivity index (χ1v) is 32.2. The van der Waals surface area contributed by atoms with Crippen LogP contribution in [0.1, 0.15) is 110 Å². The van der Waals surface area contributed by atoms with Crippen LogP contribution in [-0.4, -0.2) is 23.4 Å². The lowest BCUT2D eigenvalue weighted by atomic mass is 9.31. The Labute approximate surface area is 536 Å². The zero-order valence-electron chi connectivity index (χ0n) is 53.3. The summed E-state index contributed by atoms with van der Waals surface area (Å²) in [5.74, 6) is 6.82. The Kier molecular flexibility index (Phi) is 12.9. The van der Waals surface area contributed by atoms with Crippen molar-refractivity contribution in [1.82, 2.24) is 9.97 Å². The summed E-state index contributed by atoms with van der Waals surface area (Å²) >= 11 is 0. The zero-order chi connectivity index (χ0) is 62.3. The number of aromatic nitrogens is 2. The molecule has 8 nitrogen and oxygen atoms in total. The molecule has 6 heterocycles. The molecule has 0 unspecified atom stereocenters. The first-order valence-electron chi connectivity index (χ1n) is 32.2. The van der Waals surface area contributed by atoms with E-state index in [2.05, 4.69) is 294 Å². The molecule has 0 amide bonds. The largest absolute Gasteiger partial charge is 0.440 e. The molecule has 0 fully saturated rings. The molecule has 2 aromatic heterocycles. The predicted molar refractivity (Wildman–Crippen MR) is 379 cm³/mol. The van der Waals surface area contributed by atoms with Crippen LogP contribution in [0, 0.1) is 12.3 Å². The number of allylic oxidation sites excluding steroid dienone is 3. The molecule has 0 atom stereocenters.